The number of nitrogens with zero attached hydrogens (tertiary/aromatic N) is 2. The summed E-state index contributed by atoms with van der Waals surface area (Å²) in [5.74, 6) is -1.33. The number of carbonyl (C=O) groups excluding carboxylic acids is 4. The quantitative estimate of drug-likeness (QED) is 0.670. The average Bonchev–Trinajstić information content (AvgIpc) is 2.97. The van der Waals surface area contributed by atoms with Crippen molar-refractivity contribution in [3.05, 3.63) is 64.7 Å². The summed E-state index contributed by atoms with van der Waals surface area (Å²) in [6.07, 6.45) is -0.196. The number of benzene rings is 2. The Balaban J connectivity index is 1.67. The minimum absolute atomic E-state index is 0.146. The van der Waals surface area contributed by atoms with Gasteiger partial charge in [0.05, 0.1) is 17.2 Å². The summed E-state index contributed by atoms with van der Waals surface area (Å²) in [7, 11) is 0. The highest BCUT2D eigenvalue weighted by Crippen LogP contribution is 2.25. The van der Waals surface area contributed by atoms with Crippen LogP contribution in [0.2, 0.25) is 0 Å². The van der Waals surface area contributed by atoms with E-state index < -0.39 is 5.91 Å². The second kappa shape index (κ2) is 9.22. The highest BCUT2D eigenvalue weighted by atomic mass is 16.2. The normalized spacial score (nSPS) is 12.5. The lowest BCUT2D eigenvalue weighted by molar-refractivity contribution is -0.120. The maximum Gasteiger partial charge on any atom is 0.261 e. The Morgan fingerprint density at radius 2 is 1.71 bits per heavy atom. The summed E-state index contributed by atoms with van der Waals surface area (Å²) in [6, 6.07) is 13.1. The number of rotatable bonds is 7. The van der Waals surface area contributed by atoms with E-state index in [-0.39, 0.29) is 47.7 Å². The van der Waals surface area contributed by atoms with Gasteiger partial charge in [-0.15, -0.1) is 0 Å². The lowest BCUT2D eigenvalue weighted by Gasteiger charge is -2.15. The van der Waals surface area contributed by atoms with Crippen LogP contribution in [0.3, 0.4) is 0 Å². The maximum absolute atomic E-state index is 12.6. The molecule has 31 heavy (non-hydrogen) atoms. The molecule has 0 aliphatic carbocycles. The smallest absolute Gasteiger partial charge is 0.261 e. The van der Waals surface area contributed by atoms with Crippen LogP contribution in [0.5, 0.6) is 0 Å². The first-order valence-corrected chi connectivity index (χ1v) is 9.84. The third-order valence-electron chi connectivity index (χ3n) is 4.72. The topological polar surface area (TPSA) is 119 Å². The number of hydrogen-bond acceptors (Lipinski definition) is 5. The lowest BCUT2D eigenvalue weighted by Crippen LogP contribution is -2.33. The summed E-state index contributed by atoms with van der Waals surface area (Å²) >= 11 is 0. The van der Waals surface area contributed by atoms with E-state index in [1.54, 1.807) is 30.3 Å². The van der Waals surface area contributed by atoms with Crippen LogP contribution < -0.4 is 10.6 Å². The van der Waals surface area contributed by atoms with Crippen molar-refractivity contribution in [3.8, 4) is 6.07 Å². The second-order valence-corrected chi connectivity index (χ2v) is 7.64. The molecule has 0 aromatic heterocycles. The van der Waals surface area contributed by atoms with Gasteiger partial charge in [0.25, 0.3) is 17.7 Å². The van der Waals surface area contributed by atoms with Crippen LogP contribution in [-0.4, -0.2) is 35.1 Å². The van der Waals surface area contributed by atoms with Crippen molar-refractivity contribution >= 4 is 29.3 Å². The number of carbonyl (C=O) groups is 4. The molecule has 8 heteroatoms. The molecule has 0 atom stereocenters. The lowest BCUT2D eigenvalue weighted by atomic mass is 10.1. The van der Waals surface area contributed by atoms with Crippen molar-refractivity contribution in [1.82, 2.24) is 10.2 Å². The SMILES string of the molecule is CC(C)CN1C(=O)c2ccc(C(=O)Nc3ccc(CNC(=O)CC#N)cc3)cc2C1=O. The van der Waals surface area contributed by atoms with E-state index in [1.165, 1.54) is 23.1 Å². The van der Waals surface area contributed by atoms with Gasteiger partial charge in [-0.1, -0.05) is 26.0 Å². The molecule has 4 amide bonds. The Bertz CT molecular complexity index is 1080. The first-order valence-electron chi connectivity index (χ1n) is 9.84. The molecule has 0 bridgehead atoms. The molecule has 0 fully saturated rings. The second-order valence-electron chi connectivity index (χ2n) is 7.64. The van der Waals surface area contributed by atoms with E-state index in [1.807, 2.05) is 13.8 Å². The van der Waals surface area contributed by atoms with Gasteiger partial charge in [0.1, 0.15) is 6.42 Å². The molecule has 1 aliphatic rings. The summed E-state index contributed by atoms with van der Waals surface area (Å²) in [5, 5.41) is 13.9. The summed E-state index contributed by atoms with van der Waals surface area (Å²) in [4.78, 5) is 50.2. The minimum Gasteiger partial charge on any atom is -0.351 e. The molecular weight excluding hydrogens is 396 g/mol. The van der Waals surface area contributed by atoms with E-state index >= 15 is 0 Å². The first kappa shape index (κ1) is 21.7. The van der Waals surface area contributed by atoms with Crippen LogP contribution in [-0.2, 0) is 11.3 Å². The number of hydrogen-bond donors (Lipinski definition) is 2. The Hall–Kier alpha value is -3.99. The fraction of sp³-hybridized carbons (Fsp3) is 0.261. The van der Waals surface area contributed by atoms with Gasteiger partial charge in [-0.3, -0.25) is 24.1 Å². The first-order chi connectivity index (χ1) is 14.8. The van der Waals surface area contributed by atoms with Gasteiger partial charge in [0.2, 0.25) is 5.91 Å². The highest BCUT2D eigenvalue weighted by molar-refractivity contribution is 6.22. The van der Waals surface area contributed by atoms with Crippen LogP contribution in [0.25, 0.3) is 0 Å². The molecule has 1 aliphatic heterocycles. The number of imide groups is 1. The fourth-order valence-corrected chi connectivity index (χ4v) is 3.21. The van der Waals surface area contributed by atoms with E-state index in [2.05, 4.69) is 10.6 Å². The maximum atomic E-state index is 12.6. The Morgan fingerprint density at radius 1 is 1.03 bits per heavy atom. The standard InChI is InChI=1S/C23H22N4O4/c1-14(2)13-27-22(30)18-8-5-16(11-19(18)23(27)31)21(29)26-17-6-3-15(4-7-17)12-25-20(28)9-10-24/h3-8,11,14H,9,12-13H2,1-2H3,(H,25,28)(H,26,29). The Kier molecular flexibility index (Phi) is 6.46. The minimum atomic E-state index is -0.402. The predicted octanol–water partition coefficient (Wildman–Crippen LogP) is 2.72. The van der Waals surface area contributed by atoms with Gasteiger partial charge in [-0.05, 0) is 41.8 Å². The zero-order valence-corrected chi connectivity index (χ0v) is 17.3. The van der Waals surface area contributed by atoms with E-state index in [4.69, 9.17) is 5.26 Å². The van der Waals surface area contributed by atoms with E-state index in [0.29, 0.717) is 17.8 Å². The molecular formula is C23H22N4O4. The Labute approximate surface area is 179 Å². The van der Waals surface area contributed by atoms with Crippen molar-refractivity contribution in [1.29, 1.82) is 5.26 Å². The van der Waals surface area contributed by atoms with Crippen molar-refractivity contribution in [2.45, 2.75) is 26.8 Å². The van der Waals surface area contributed by atoms with Gasteiger partial charge in [0.15, 0.2) is 0 Å². The molecule has 2 N–H and O–H groups in total. The van der Waals surface area contributed by atoms with Crippen LogP contribution in [0.15, 0.2) is 42.5 Å². The molecule has 1 heterocycles. The molecule has 2 aromatic rings. The van der Waals surface area contributed by atoms with Gasteiger partial charge in [-0.2, -0.15) is 5.26 Å². The largest absolute Gasteiger partial charge is 0.351 e. The summed E-state index contributed by atoms with van der Waals surface area (Å²) in [6.45, 7) is 4.46. The van der Waals surface area contributed by atoms with Crippen molar-refractivity contribution in [2.75, 3.05) is 11.9 Å². The van der Waals surface area contributed by atoms with Gasteiger partial charge in [0, 0.05) is 24.3 Å². The van der Waals surface area contributed by atoms with Crippen LogP contribution >= 0.6 is 0 Å². The zero-order valence-electron chi connectivity index (χ0n) is 17.3. The molecule has 0 unspecified atom stereocenters. The number of anilines is 1. The average molecular weight is 418 g/mol. The van der Waals surface area contributed by atoms with E-state index in [0.717, 1.165) is 5.56 Å². The van der Waals surface area contributed by atoms with Crippen LogP contribution in [0.4, 0.5) is 5.69 Å². The highest BCUT2D eigenvalue weighted by Gasteiger charge is 2.36. The van der Waals surface area contributed by atoms with Crippen LogP contribution in [0, 0.1) is 17.2 Å². The third kappa shape index (κ3) is 4.95. The molecule has 0 saturated carbocycles. The predicted molar refractivity (Wildman–Crippen MR) is 113 cm³/mol. The number of fused-ring (bicyclic) bond motifs is 1. The van der Waals surface area contributed by atoms with Crippen molar-refractivity contribution < 1.29 is 19.2 Å². The number of nitriles is 1. The zero-order chi connectivity index (χ0) is 22.5. The third-order valence-corrected chi connectivity index (χ3v) is 4.72. The Morgan fingerprint density at radius 3 is 2.35 bits per heavy atom. The number of nitrogens with one attached hydrogen (secondary N) is 2. The van der Waals surface area contributed by atoms with Crippen molar-refractivity contribution in [3.63, 3.8) is 0 Å². The molecule has 158 valence electrons. The van der Waals surface area contributed by atoms with Gasteiger partial charge in [-0.25, -0.2) is 0 Å². The number of amides is 4. The molecule has 2 aromatic carbocycles. The molecule has 3 rings (SSSR count). The fourth-order valence-electron chi connectivity index (χ4n) is 3.21. The molecule has 0 saturated heterocycles. The van der Waals surface area contributed by atoms with Gasteiger partial charge >= 0.3 is 0 Å². The molecule has 0 spiro atoms. The molecule has 8 nitrogen and oxygen atoms in total. The summed E-state index contributed by atoms with van der Waals surface area (Å²) < 4.78 is 0. The summed E-state index contributed by atoms with van der Waals surface area (Å²) in [5.41, 5.74) is 2.18. The van der Waals surface area contributed by atoms with Crippen LogP contribution in [0.1, 0.15) is 56.9 Å². The monoisotopic (exact) mass is 418 g/mol. The molecule has 0 radical (unpaired) electrons. The van der Waals surface area contributed by atoms with Gasteiger partial charge < -0.3 is 10.6 Å². The van der Waals surface area contributed by atoms with E-state index in [9.17, 15) is 19.2 Å². The van der Waals surface area contributed by atoms with Crippen molar-refractivity contribution in [2.24, 2.45) is 5.92 Å².